The van der Waals surface area contributed by atoms with Gasteiger partial charge in [-0.25, -0.2) is 0 Å². The number of halogens is 2. The molecule has 53 valence electrons. The molecule has 0 aliphatic heterocycles. The molecule has 9 heavy (non-hydrogen) atoms. The highest BCUT2D eigenvalue weighted by molar-refractivity contribution is 6.38. The highest BCUT2D eigenvalue weighted by Crippen LogP contribution is 2.05. The van der Waals surface area contributed by atoms with E-state index in [1.54, 1.807) is 6.92 Å². The molecule has 1 unspecified atom stereocenters. The van der Waals surface area contributed by atoms with Crippen LogP contribution in [-0.4, -0.2) is 18.0 Å². The third-order valence-electron chi connectivity index (χ3n) is 0.622. The van der Waals surface area contributed by atoms with Crippen molar-refractivity contribution in [1.82, 2.24) is 0 Å². The van der Waals surface area contributed by atoms with Gasteiger partial charge in [0.2, 0.25) is 0 Å². The molecule has 0 aliphatic carbocycles. The van der Waals surface area contributed by atoms with Crippen LogP contribution in [0.5, 0.6) is 0 Å². The van der Waals surface area contributed by atoms with Crippen LogP contribution in [0.15, 0.2) is 0 Å². The Morgan fingerprint density at radius 2 is 2.44 bits per heavy atom. The Balaban J connectivity index is 3.46. The number of rotatable bonds is 3. The van der Waals surface area contributed by atoms with Crippen molar-refractivity contribution in [3.05, 3.63) is 5.88 Å². The third-order valence-corrected chi connectivity index (χ3v) is 1.31. The van der Waals surface area contributed by atoms with Gasteiger partial charge in [0, 0.05) is 0 Å². The van der Waals surface area contributed by atoms with Crippen LogP contribution in [0.3, 0.4) is 0 Å². The van der Waals surface area contributed by atoms with Gasteiger partial charge in [-0.15, -0.1) is 23.2 Å². The predicted molar refractivity (Wildman–Crippen MR) is 36.4 cm³/mol. The lowest BCUT2D eigenvalue weighted by molar-refractivity contribution is -0.141. The summed E-state index contributed by atoms with van der Waals surface area (Å²) in [5, 5.41) is -0.827. The zero-order chi connectivity index (χ0) is 7.28. The number of esters is 1. The SMILES string of the molecule is CCOC(=O)C(Cl)[CH]Cl. The maximum atomic E-state index is 10.5. The summed E-state index contributed by atoms with van der Waals surface area (Å²) in [4.78, 5) is 10.5. The lowest BCUT2D eigenvalue weighted by Crippen LogP contribution is -2.16. The molecule has 0 saturated heterocycles. The van der Waals surface area contributed by atoms with Gasteiger partial charge >= 0.3 is 5.97 Å². The fraction of sp³-hybridized carbons (Fsp3) is 0.600. The summed E-state index contributed by atoms with van der Waals surface area (Å²) in [7, 11) is 0. The van der Waals surface area contributed by atoms with Crippen molar-refractivity contribution in [1.29, 1.82) is 0 Å². The maximum Gasteiger partial charge on any atom is 0.325 e. The molecule has 0 aromatic heterocycles. The van der Waals surface area contributed by atoms with E-state index in [-0.39, 0.29) is 0 Å². The van der Waals surface area contributed by atoms with Gasteiger partial charge in [-0.05, 0) is 6.92 Å². The minimum atomic E-state index is -0.827. The Bertz CT molecular complexity index is 95.0. The average molecular weight is 170 g/mol. The number of carbonyl (C=O) groups is 1. The molecule has 1 radical (unpaired) electrons. The van der Waals surface area contributed by atoms with Crippen LogP contribution in [0.2, 0.25) is 0 Å². The van der Waals surface area contributed by atoms with Gasteiger partial charge in [0.05, 0.1) is 12.5 Å². The molecule has 1 atom stereocenters. The first-order valence-electron chi connectivity index (χ1n) is 2.46. The number of hydrogen-bond acceptors (Lipinski definition) is 2. The highest BCUT2D eigenvalue weighted by Gasteiger charge is 2.14. The lowest BCUT2D eigenvalue weighted by atomic mass is 10.5. The normalized spacial score (nSPS) is 12.8. The van der Waals surface area contributed by atoms with Crippen molar-refractivity contribution in [3.63, 3.8) is 0 Å². The molecule has 0 heterocycles. The van der Waals surface area contributed by atoms with Crippen molar-refractivity contribution >= 4 is 29.2 Å². The second-order valence-corrected chi connectivity index (χ2v) is 2.00. The van der Waals surface area contributed by atoms with Gasteiger partial charge < -0.3 is 4.74 Å². The van der Waals surface area contributed by atoms with Crippen molar-refractivity contribution in [2.75, 3.05) is 6.61 Å². The topological polar surface area (TPSA) is 26.3 Å². The summed E-state index contributed by atoms with van der Waals surface area (Å²) in [6.07, 6.45) is 0. The van der Waals surface area contributed by atoms with Crippen molar-refractivity contribution < 1.29 is 9.53 Å². The standard InChI is InChI=1S/C5H7Cl2O2/c1-2-9-5(8)4(7)3-6/h3-4H,2H2,1H3. The quantitative estimate of drug-likeness (QED) is 0.474. The molecule has 0 fully saturated rings. The fourth-order valence-electron chi connectivity index (χ4n) is 0.273. The third kappa shape index (κ3) is 3.60. The van der Waals surface area contributed by atoms with E-state index in [0.717, 1.165) is 5.88 Å². The minimum Gasteiger partial charge on any atom is -0.465 e. The Morgan fingerprint density at radius 3 is 2.78 bits per heavy atom. The molecule has 4 heteroatoms. The summed E-state index contributed by atoms with van der Waals surface area (Å²) in [5.41, 5.74) is 0. The second kappa shape index (κ2) is 4.89. The van der Waals surface area contributed by atoms with Crippen LogP contribution >= 0.6 is 23.2 Å². The summed E-state index contributed by atoms with van der Waals surface area (Å²) in [5.74, 6) is 0.550. The summed E-state index contributed by atoms with van der Waals surface area (Å²) in [6, 6.07) is 0. The van der Waals surface area contributed by atoms with Crippen LogP contribution in [0.1, 0.15) is 6.92 Å². The van der Waals surface area contributed by atoms with Gasteiger partial charge in [0.1, 0.15) is 5.38 Å². The maximum absolute atomic E-state index is 10.5. The van der Waals surface area contributed by atoms with Crippen molar-refractivity contribution in [2.24, 2.45) is 0 Å². The van der Waals surface area contributed by atoms with E-state index in [0.29, 0.717) is 6.61 Å². The van der Waals surface area contributed by atoms with Crippen LogP contribution in [-0.2, 0) is 9.53 Å². The van der Waals surface area contributed by atoms with E-state index in [1.807, 2.05) is 0 Å². The van der Waals surface area contributed by atoms with Crippen molar-refractivity contribution in [2.45, 2.75) is 12.3 Å². The van der Waals surface area contributed by atoms with Gasteiger partial charge in [0.25, 0.3) is 0 Å². The van der Waals surface area contributed by atoms with Gasteiger partial charge in [-0.2, -0.15) is 0 Å². The Morgan fingerprint density at radius 1 is 1.89 bits per heavy atom. The summed E-state index contributed by atoms with van der Waals surface area (Å²) < 4.78 is 4.51. The largest absolute Gasteiger partial charge is 0.465 e. The minimum absolute atomic E-state index is 0.326. The molecule has 0 rings (SSSR count). The molecule has 0 bridgehead atoms. The molecule has 0 aromatic rings. The molecule has 0 N–H and O–H groups in total. The zero-order valence-electron chi connectivity index (χ0n) is 4.93. The van der Waals surface area contributed by atoms with E-state index in [1.165, 1.54) is 0 Å². The number of carbonyl (C=O) groups excluding carboxylic acids is 1. The Labute approximate surface area is 64.1 Å². The van der Waals surface area contributed by atoms with E-state index >= 15 is 0 Å². The second-order valence-electron chi connectivity index (χ2n) is 1.28. The monoisotopic (exact) mass is 169 g/mol. The summed E-state index contributed by atoms with van der Waals surface area (Å²) >= 11 is 10.5. The first-order chi connectivity index (χ1) is 4.22. The first-order valence-corrected chi connectivity index (χ1v) is 3.34. The van der Waals surface area contributed by atoms with Crippen LogP contribution < -0.4 is 0 Å². The zero-order valence-corrected chi connectivity index (χ0v) is 6.45. The number of alkyl halides is 1. The first kappa shape index (κ1) is 9.05. The number of ether oxygens (including phenoxy) is 1. The van der Waals surface area contributed by atoms with Crippen LogP contribution in [0.4, 0.5) is 0 Å². The molecular weight excluding hydrogens is 163 g/mol. The lowest BCUT2D eigenvalue weighted by Gasteiger charge is -2.02. The van der Waals surface area contributed by atoms with E-state index in [4.69, 9.17) is 23.2 Å². The molecule has 0 saturated carbocycles. The van der Waals surface area contributed by atoms with Crippen molar-refractivity contribution in [3.8, 4) is 0 Å². The van der Waals surface area contributed by atoms with E-state index in [2.05, 4.69) is 4.74 Å². The fourth-order valence-corrected chi connectivity index (χ4v) is 0.439. The van der Waals surface area contributed by atoms with Gasteiger partial charge in [-0.3, -0.25) is 4.79 Å². The predicted octanol–water partition coefficient (Wildman–Crippen LogP) is 1.56. The summed E-state index contributed by atoms with van der Waals surface area (Å²) in [6.45, 7) is 2.03. The van der Waals surface area contributed by atoms with E-state index < -0.39 is 11.3 Å². The highest BCUT2D eigenvalue weighted by atomic mass is 35.5. The molecule has 2 nitrogen and oxygen atoms in total. The number of hydrogen-bond donors (Lipinski definition) is 0. The van der Waals surface area contributed by atoms with Crippen LogP contribution in [0.25, 0.3) is 0 Å². The molecule has 0 aromatic carbocycles. The average Bonchev–Trinajstić information content (AvgIpc) is 1.87. The Hall–Kier alpha value is 0.0500. The molecular formula is C5H7Cl2O2. The molecule has 0 aliphatic rings. The van der Waals surface area contributed by atoms with Gasteiger partial charge in [-0.1, -0.05) is 0 Å². The molecule has 0 amide bonds. The van der Waals surface area contributed by atoms with E-state index in [9.17, 15) is 4.79 Å². The Kier molecular flexibility index (Phi) is 4.91. The smallest absolute Gasteiger partial charge is 0.325 e. The molecule has 0 spiro atoms. The van der Waals surface area contributed by atoms with Gasteiger partial charge in [0.15, 0.2) is 0 Å². The van der Waals surface area contributed by atoms with Crippen LogP contribution in [0, 0.1) is 5.88 Å².